The van der Waals surface area contributed by atoms with Crippen LogP contribution in [0.4, 0.5) is 5.69 Å². The number of carbonyl (C=O) groups excluding carboxylic acids is 1. The minimum Gasteiger partial charge on any atom is -0.347 e. The molecule has 2 aliphatic rings. The van der Waals surface area contributed by atoms with Crippen molar-refractivity contribution in [3.05, 3.63) is 66.2 Å². The largest absolute Gasteiger partial charge is 0.347 e. The second-order valence-corrected chi connectivity index (χ2v) is 9.16. The second kappa shape index (κ2) is 7.15. The first-order valence-corrected chi connectivity index (χ1v) is 10.8. The zero-order valence-electron chi connectivity index (χ0n) is 14.8. The summed E-state index contributed by atoms with van der Waals surface area (Å²) in [7, 11) is -3.04. The number of anilines is 1. The van der Waals surface area contributed by atoms with Crippen molar-refractivity contribution in [1.29, 1.82) is 0 Å². The minimum absolute atomic E-state index is 0.0104. The molecule has 0 radical (unpaired) electrons. The van der Waals surface area contributed by atoms with Crippen molar-refractivity contribution in [2.75, 3.05) is 16.5 Å². The lowest BCUT2D eigenvalue weighted by Crippen LogP contribution is -2.39. The van der Waals surface area contributed by atoms with Gasteiger partial charge in [-0.1, -0.05) is 48.5 Å². The van der Waals surface area contributed by atoms with E-state index in [9.17, 15) is 13.2 Å². The number of nitrogens with zero attached hydrogens (tertiary/aromatic N) is 2. The maximum atomic E-state index is 12.7. The molecular formula is C20H21N3O3S. The summed E-state index contributed by atoms with van der Waals surface area (Å²) < 4.78 is 23.3. The van der Waals surface area contributed by atoms with E-state index in [1.165, 1.54) is 0 Å². The van der Waals surface area contributed by atoms with Gasteiger partial charge >= 0.3 is 0 Å². The lowest BCUT2D eigenvalue weighted by molar-refractivity contribution is -0.115. The monoisotopic (exact) mass is 383 g/mol. The van der Waals surface area contributed by atoms with Crippen molar-refractivity contribution in [2.24, 2.45) is 5.10 Å². The number of amides is 1. The van der Waals surface area contributed by atoms with Crippen LogP contribution in [0.5, 0.6) is 0 Å². The van der Waals surface area contributed by atoms with Crippen LogP contribution in [0.3, 0.4) is 0 Å². The lowest BCUT2D eigenvalue weighted by Gasteiger charge is -2.23. The van der Waals surface area contributed by atoms with Crippen LogP contribution in [-0.4, -0.2) is 37.6 Å². The summed E-state index contributed by atoms with van der Waals surface area (Å²) in [5.74, 6) is -0.138. The fourth-order valence-corrected chi connectivity index (χ4v) is 5.25. The molecule has 0 bridgehead atoms. The van der Waals surface area contributed by atoms with E-state index in [4.69, 9.17) is 0 Å². The van der Waals surface area contributed by atoms with Gasteiger partial charge in [0, 0.05) is 12.5 Å². The molecule has 0 aliphatic carbocycles. The van der Waals surface area contributed by atoms with E-state index < -0.39 is 9.84 Å². The number of hydrogen-bond donors (Lipinski definition) is 1. The molecule has 0 spiro atoms. The summed E-state index contributed by atoms with van der Waals surface area (Å²) >= 11 is 0. The molecule has 2 atom stereocenters. The van der Waals surface area contributed by atoms with Gasteiger partial charge in [-0.2, -0.15) is 5.10 Å². The Hall–Kier alpha value is -2.67. The first-order chi connectivity index (χ1) is 13.0. The zero-order chi connectivity index (χ0) is 18.9. The summed E-state index contributed by atoms with van der Waals surface area (Å²) in [6.07, 6.45) is 0.941. The van der Waals surface area contributed by atoms with E-state index in [1.807, 2.05) is 65.7 Å². The van der Waals surface area contributed by atoms with Gasteiger partial charge < -0.3 is 5.32 Å². The first-order valence-electron chi connectivity index (χ1n) is 9.00. The number of hydrogen-bond acceptors (Lipinski definition) is 5. The van der Waals surface area contributed by atoms with E-state index in [-0.39, 0.29) is 29.5 Å². The van der Waals surface area contributed by atoms with Crippen LogP contribution in [0.25, 0.3) is 0 Å². The van der Waals surface area contributed by atoms with Gasteiger partial charge in [-0.25, -0.2) is 8.42 Å². The number of carbonyl (C=O) groups is 1. The highest BCUT2D eigenvalue weighted by Gasteiger charge is 2.35. The highest BCUT2D eigenvalue weighted by molar-refractivity contribution is 7.91. The average molecular weight is 383 g/mol. The third-order valence-corrected chi connectivity index (χ3v) is 6.71. The van der Waals surface area contributed by atoms with E-state index in [0.29, 0.717) is 18.6 Å². The molecule has 7 heteroatoms. The number of para-hydroxylation sites is 1. The standard InChI is InChI=1S/C20H21N3O3S/c24-20(21-16-11-12-27(25,26)14-16)18-13-19(15-7-3-1-4-8-15)23(22-18)17-9-5-2-6-10-17/h1-10,16,19H,11-14H2,(H,21,24). The summed E-state index contributed by atoms with van der Waals surface area (Å²) in [5, 5.41) is 9.30. The summed E-state index contributed by atoms with van der Waals surface area (Å²) in [5.41, 5.74) is 2.42. The van der Waals surface area contributed by atoms with Gasteiger partial charge in [-0.15, -0.1) is 0 Å². The van der Waals surface area contributed by atoms with Gasteiger partial charge in [0.15, 0.2) is 9.84 Å². The zero-order valence-corrected chi connectivity index (χ0v) is 15.6. The van der Waals surface area contributed by atoms with Crippen molar-refractivity contribution >= 4 is 27.1 Å². The van der Waals surface area contributed by atoms with Crippen LogP contribution < -0.4 is 10.3 Å². The Kier molecular flexibility index (Phi) is 4.70. The van der Waals surface area contributed by atoms with E-state index in [1.54, 1.807) is 0 Å². The van der Waals surface area contributed by atoms with Gasteiger partial charge in [0.25, 0.3) is 5.91 Å². The van der Waals surface area contributed by atoms with Gasteiger partial charge in [-0.3, -0.25) is 9.80 Å². The molecule has 0 aromatic heterocycles. The fourth-order valence-electron chi connectivity index (χ4n) is 3.58. The highest BCUT2D eigenvalue weighted by atomic mass is 32.2. The smallest absolute Gasteiger partial charge is 0.267 e. The van der Waals surface area contributed by atoms with Crippen molar-refractivity contribution in [3.63, 3.8) is 0 Å². The molecular weight excluding hydrogens is 362 g/mol. The predicted octanol–water partition coefficient (Wildman–Crippen LogP) is 2.30. The molecule has 2 heterocycles. The molecule has 0 saturated carbocycles. The molecule has 1 N–H and O–H groups in total. The molecule has 4 rings (SSSR count). The lowest BCUT2D eigenvalue weighted by atomic mass is 10.0. The maximum Gasteiger partial charge on any atom is 0.267 e. The third kappa shape index (κ3) is 3.88. The number of sulfone groups is 1. The molecule has 1 saturated heterocycles. The van der Waals surface area contributed by atoms with Crippen LogP contribution in [0, 0.1) is 0 Å². The average Bonchev–Trinajstić information content (AvgIpc) is 3.27. The highest BCUT2D eigenvalue weighted by Crippen LogP contribution is 2.35. The van der Waals surface area contributed by atoms with Gasteiger partial charge in [0.2, 0.25) is 0 Å². The SMILES string of the molecule is O=C(NC1CCS(=O)(=O)C1)C1=NN(c2ccccc2)C(c2ccccc2)C1. The van der Waals surface area contributed by atoms with Crippen molar-refractivity contribution < 1.29 is 13.2 Å². The van der Waals surface area contributed by atoms with Gasteiger partial charge in [0.05, 0.1) is 23.2 Å². The molecule has 2 aromatic rings. The molecule has 140 valence electrons. The van der Waals surface area contributed by atoms with Crippen molar-refractivity contribution in [3.8, 4) is 0 Å². The van der Waals surface area contributed by atoms with E-state index >= 15 is 0 Å². The molecule has 2 aliphatic heterocycles. The fraction of sp³-hybridized carbons (Fsp3) is 0.300. The van der Waals surface area contributed by atoms with Crippen LogP contribution >= 0.6 is 0 Å². The first kappa shape index (κ1) is 17.7. The molecule has 1 fully saturated rings. The van der Waals surface area contributed by atoms with Crippen molar-refractivity contribution in [2.45, 2.75) is 24.9 Å². The Balaban J connectivity index is 1.57. The van der Waals surface area contributed by atoms with Crippen LogP contribution in [0.15, 0.2) is 65.8 Å². The van der Waals surface area contributed by atoms with Gasteiger partial charge in [0.1, 0.15) is 5.71 Å². The molecule has 2 unspecified atom stereocenters. The molecule has 2 aromatic carbocycles. The van der Waals surface area contributed by atoms with E-state index in [2.05, 4.69) is 10.4 Å². The Morgan fingerprint density at radius 2 is 1.70 bits per heavy atom. The third-order valence-electron chi connectivity index (χ3n) is 4.95. The minimum atomic E-state index is -3.04. The number of hydrazone groups is 1. The molecule has 27 heavy (non-hydrogen) atoms. The Labute approximate surface area is 158 Å². The second-order valence-electron chi connectivity index (χ2n) is 6.93. The predicted molar refractivity (Wildman–Crippen MR) is 105 cm³/mol. The normalized spacial score (nSPS) is 23.9. The van der Waals surface area contributed by atoms with Gasteiger partial charge in [-0.05, 0) is 24.1 Å². The van der Waals surface area contributed by atoms with E-state index in [0.717, 1.165) is 11.3 Å². The molecule has 6 nitrogen and oxygen atoms in total. The van der Waals surface area contributed by atoms with Crippen LogP contribution in [0.1, 0.15) is 24.4 Å². The topological polar surface area (TPSA) is 78.8 Å². The van der Waals surface area contributed by atoms with Crippen molar-refractivity contribution in [1.82, 2.24) is 5.32 Å². The molecule has 1 amide bonds. The number of benzene rings is 2. The van der Waals surface area contributed by atoms with Crippen LogP contribution in [0.2, 0.25) is 0 Å². The number of rotatable bonds is 4. The number of nitrogens with one attached hydrogen (secondary N) is 1. The maximum absolute atomic E-state index is 12.7. The quantitative estimate of drug-likeness (QED) is 0.879. The summed E-state index contributed by atoms with van der Waals surface area (Å²) in [6, 6.07) is 19.3. The Bertz CT molecular complexity index is 958. The van der Waals surface area contributed by atoms with Crippen LogP contribution in [-0.2, 0) is 14.6 Å². The Morgan fingerprint density at radius 3 is 2.33 bits per heavy atom. The summed E-state index contributed by atoms with van der Waals surface area (Å²) in [4.78, 5) is 12.7. The Morgan fingerprint density at radius 1 is 1.04 bits per heavy atom. The summed E-state index contributed by atoms with van der Waals surface area (Å²) in [6.45, 7) is 0.